The first-order valence-electron chi connectivity index (χ1n) is 4.43. The molecule has 2 rings (SSSR count). The molecular weight excluding hydrogens is 249 g/mol. The van der Waals surface area contributed by atoms with Gasteiger partial charge >= 0.3 is 0 Å². The standard InChI is InChI=1S/C10H11BrClN/c11-10-2-1-8(12)5-7(10)6-9-3-4-13-9/h1-2,5,9,13H,3-4,6H2. The highest BCUT2D eigenvalue weighted by molar-refractivity contribution is 9.10. The van der Waals surface area contributed by atoms with E-state index in [2.05, 4.69) is 21.2 Å². The number of hydrogen-bond donors (Lipinski definition) is 1. The van der Waals surface area contributed by atoms with Gasteiger partial charge < -0.3 is 5.32 Å². The summed E-state index contributed by atoms with van der Waals surface area (Å²) >= 11 is 9.45. The predicted molar refractivity (Wildman–Crippen MR) is 59.3 cm³/mol. The lowest BCUT2D eigenvalue weighted by Gasteiger charge is -2.28. The average molecular weight is 261 g/mol. The van der Waals surface area contributed by atoms with Crippen molar-refractivity contribution < 1.29 is 0 Å². The molecule has 0 aromatic heterocycles. The van der Waals surface area contributed by atoms with Crippen LogP contribution in [0.15, 0.2) is 22.7 Å². The summed E-state index contributed by atoms with van der Waals surface area (Å²) in [5, 5.41) is 4.19. The van der Waals surface area contributed by atoms with E-state index >= 15 is 0 Å². The quantitative estimate of drug-likeness (QED) is 0.862. The zero-order valence-electron chi connectivity index (χ0n) is 7.19. The molecule has 1 aromatic carbocycles. The molecule has 0 saturated carbocycles. The predicted octanol–water partition coefficient (Wildman–Crippen LogP) is 3.01. The molecule has 0 spiro atoms. The minimum absolute atomic E-state index is 0.648. The zero-order chi connectivity index (χ0) is 9.26. The van der Waals surface area contributed by atoms with Crippen molar-refractivity contribution in [2.75, 3.05) is 6.54 Å². The summed E-state index contributed by atoms with van der Waals surface area (Å²) in [5.41, 5.74) is 1.30. The summed E-state index contributed by atoms with van der Waals surface area (Å²) in [7, 11) is 0. The Hall–Kier alpha value is -0.0500. The van der Waals surface area contributed by atoms with E-state index in [-0.39, 0.29) is 0 Å². The first-order chi connectivity index (χ1) is 6.25. The normalized spacial score (nSPS) is 21.2. The summed E-state index contributed by atoms with van der Waals surface area (Å²) in [6.07, 6.45) is 2.35. The first kappa shape index (κ1) is 9.50. The van der Waals surface area contributed by atoms with Gasteiger partial charge in [0.1, 0.15) is 0 Å². The van der Waals surface area contributed by atoms with Crippen LogP contribution in [0.4, 0.5) is 0 Å². The molecule has 1 unspecified atom stereocenters. The van der Waals surface area contributed by atoms with Gasteiger partial charge in [-0.3, -0.25) is 0 Å². The molecule has 1 aliphatic rings. The van der Waals surface area contributed by atoms with E-state index in [1.54, 1.807) is 0 Å². The van der Waals surface area contributed by atoms with Crippen LogP contribution in [0.25, 0.3) is 0 Å². The number of rotatable bonds is 2. The largest absolute Gasteiger partial charge is 0.314 e. The molecule has 1 N–H and O–H groups in total. The van der Waals surface area contributed by atoms with Gasteiger partial charge in [0.05, 0.1) is 0 Å². The Morgan fingerprint density at radius 1 is 1.54 bits per heavy atom. The van der Waals surface area contributed by atoms with Crippen LogP contribution in [0.1, 0.15) is 12.0 Å². The monoisotopic (exact) mass is 259 g/mol. The van der Waals surface area contributed by atoms with E-state index in [9.17, 15) is 0 Å². The fourth-order valence-electron chi connectivity index (χ4n) is 1.49. The Labute approximate surface area is 91.6 Å². The van der Waals surface area contributed by atoms with Crippen molar-refractivity contribution in [3.8, 4) is 0 Å². The molecule has 1 heterocycles. The smallest absolute Gasteiger partial charge is 0.0409 e. The number of nitrogens with one attached hydrogen (secondary N) is 1. The van der Waals surface area contributed by atoms with Gasteiger partial charge in [0.15, 0.2) is 0 Å². The topological polar surface area (TPSA) is 12.0 Å². The van der Waals surface area contributed by atoms with Crippen molar-refractivity contribution in [3.63, 3.8) is 0 Å². The summed E-state index contributed by atoms with van der Waals surface area (Å²) in [6.45, 7) is 1.16. The number of hydrogen-bond acceptors (Lipinski definition) is 1. The van der Waals surface area contributed by atoms with Crippen LogP contribution in [0, 0.1) is 0 Å². The molecule has 1 atom stereocenters. The average Bonchev–Trinajstić information content (AvgIpc) is 2.03. The van der Waals surface area contributed by atoms with Gasteiger partial charge in [-0.05, 0) is 43.1 Å². The van der Waals surface area contributed by atoms with E-state index in [0.717, 1.165) is 22.5 Å². The van der Waals surface area contributed by atoms with Crippen LogP contribution in [-0.2, 0) is 6.42 Å². The van der Waals surface area contributed by atoms with Crippen molar-refractivity contribution in [3.05, 3.63) is 33.3 Å². The van der Waals surface area contributed by atoms with Crippen LogP contribution >= 0.6 is 27.5 Å². The SMILES string of the molecule is Clc1ccc(Br)c(CC2CCN2)c1. The molecule has 3 heteroatoms. The Morgan fingerprint density at radius 2 is 2.31 bits per heavy atom. The molecule has 13 heavy (non-hydrogen) atoms. The fourth-order valence-corrected chi connectivity index (χ4v) is 2.09. The van der Waals surface area contributed by atoms with Crippen molar-refractivity contribution in [1.82, 2.24) is 5.32 Å². The maximum atomic E-state index is 5.92. The molecule has 0 aliphatic carbocycles. The van der Waals surface area contributed by atoms with Crippen LogP contribution < -0.4 is 5.32 Å². The van der Waals surface area contributed by atoms with E-state index in [1.807, 2.05) is 18.2 Å². The fraction of sp³-hybridized carbons (Fsp3) is 0.400. The molecule has 1 aliphatic heterocycles. The van der Waals surface area contributed by atoms with Crippen molar-refractivity contribution in [2.24, 2.45) is 0 Å². The number of halogens is 2. The second-order valence-electron chi connectivity index (χ2n) is 3.38. The maximum absolute atomic E-state index is 5.92. The first-order valence-corrected chi connectivity index (χ1v) is 5.60. The molecule has 1 saturated heterocycles. The molecule has 70 valence electrons. The second kappa shape index (κ2) is 3.99. The zero-order valence-corrected chi connectivity index (χ0v) is 9.53. The third kappa shape index (κ3) is 2.25. The molecule has 1 aromatic rings. The van der Waals surface area contributed by atoms with Gasteiger partial charge in [-0.25, -0.2) is 0 Å². The minimum atomic E-state index is 0.648. The third-order valence-electron chi connectivity index (χ3n) is 2.40. The molecule has 0 bridgehead atoms. The Morgan fingerprint density at radius 3 is 2.92 bits per heavy atom. The molecule has 1 fully saturated rings. The lowest BCUT2D eigenvalue weighted by molar-refractivity contribution is 0.369. The van der Waals surface area contributed by atoms with Crippen LogP contribution in [0.3, 0.4) is 0 Å². The third-order valence-corrected chi connectivity index (χ3v) is 3.41. The lowest BCUT2D eigenvalue weighted by Crippen LogP contribution is -2.44. The highest BCUT2D eigenvalue weighted by Gasteiger charge is 2.17. The summed E-state index contributed by atoms with van der Waals surface area (Å²) in [5.74, 6) is 0. The van der Waals surface area contributed by atoms with Gasteiger partial charge in [-0.2, -0.15) is 0 Å². The molecular formula is C10H11BrClN. The Bertz CT molecular complexity index is 310. The van der Waals surface area contributed by atoms with Gasteiger partial charge in [0, 0.05) is 15.5 Å². The highest BCUT2D eigenvalue weighted by Crippen LogP contribution is 2.23. The van der Waals surface area contributed by atoms with Gasteiger partial charge in [-0.15, -0.1) is 0 Å². The summed E-state index contributed by atoms with van der Waals surface area (Å²) in [6, 6.07) is 6.60. The van der Waals surface area contributed by atoms with Crippen LogP contribution in [0.2, 0.25) is 5.02 Å². The molecule has 0 amide bonds. The van der Waals surface area contributed by atoms with E-state index < -0.39 is 0 Å². The Kier molecular flexibility index (Phi) is 2.92. The molecule has 1 nitrogen and oxygen atoms in total. The second-order valence-corrected chi connectivity index (χ2v) is 4.67. The van der Waals surface area contributed by atoms with Crippen LogP contribution in [0.5, 0.6) is 0 Å². The van der Waals surface area contributed by atoms with Gasteiger partial charge in [0.2, 0.25) is 0 Å². The van der Waals surface area contributed by atoms with Crippen molar-refractivity contribution in [2.45, 2.75) is 18.9 Å². The number of benzene rings is 1. The highest BCUT2D eigenvalue weighted by atomic mass is 79.9. The van der Waals surface area contributed by atoms with E-state index in [1.165, 1.54) is 12.0 Å². The van der Waals surface area contributed by atoms with Crippen LogP contribution in [-0.4, -0.2) is 12.6 Å². The Balaban J connectivity index is 2.13. The van der Waals surface area contributed by atoms with E-state index in [4.69, 9.17) is 11.6 Å². The van der Waals surface area contributed by atoms with Crippen molar-refractivity contribution in [1.29, 1.82) is 0 Å². The minimum Gasteiger partial charge on any atom is -0.314 e. The van der Waals surface area contributed by atoms with Gasteiger partial charge in [0.25, 0.3) is 0 Å². The lowest BCUT2D eigenvalue weighted by atomic mass is 9.98. The van der Waals surface area contributed by atoms with Gasteiger partial charge in [-0.1, -0.05) is 27.5 Å². The maximum Gasteiger partial charge on any atom is 0.0409 e. The molecule has 0 radical (unpaired) electrons. The summed E-state index contributed by atoms with van der Waals surface area (Å²) in [4.78, 5) is 0. The van der Waals surface area contributed by atoms with E-state index in [0.29, 0.717) is 6.04 Å². The van der Waals surface area contributed by atoms with Crippen molar-refractivity contribution >= 4 is 27.5 Å². The summed E-state index contributed by atoms with van der Waals surface area (Å²) < 4.78 is 1.16.